The fourth-order valence-corrected chi connectivity index (χ4v) is 4.21. The Labute approximate surface area is 195 Å². The van der Waals surface area contributed by atoms with Crippen LogP contribution in [0.15, 0.2) is 34.0 Å². The number of ether oxygens (including phenoxy) is 1. The van der Waals surface area contributed by atoms with Gasteiger partial charge in [0, 0.05) is 13.0 Å². The SMILES string of the molecule is COCC(O)Cn1c(=O)cnn(-c2ccc(Cl)c(C(=O)NC(O)C3CCCCCC3)c2)c1=O. The Hall–Kier alpha value is -2.53. The first-order chi connectivity index (χ1) is 15.8. The summed E-state index contributed by atoms with van der Waals surface area (Å²) in [6.45, 7) is -0.328. The molecule has 1 fully saturated rings. The summed E-state index contributed by atoms with van der Waals surface area (Å²) in [6, 6.07) is 4.29. The van der Waals surface area contributed by atoms with Gasteiger partial charge in [-0.3, -0.25) is 14.2 Å². The zero-order valence-electron chi connectivity index (χ0n) is 18.4. The van der Waals surface area contributed by atoms with Crippen molar-refractivity contribution in [1.29, 1.82) is 0 Å². The third kappa shape index (κ3) is 6.29. The molecule has 11 heteroatoms. The second-order valence-electron chi connectivity index (χ2n) is 8.23. The van der Waals surface area contributed by atoms with Crippen LogP contribution in [-0.4, -0.2) is 56.5 Å². The van der Waals surface area contributed by atoms with Gasteiger partial charge in [0.05, 0.1) is 35.5 Å². The fourth-order valence-electron chi connectivity index (χ4n) is 4.01. The van der Waals surface area contributed by atoms with Gasteiger partial charge in [-0.15, -0.1) is 0 Å². The molecule has 0 bridgehead atoms. The quantitative estimate of drug-likeness (QED) is 0.380. The van der Waals surface area contributed by atoms with E-state index < -0.39 is 29.5 Å². The maximum Gasteiger partial charge on any atom is 0.352 e. The lowest BCUT2D eigenvalue weighted by Crippen LogP contribution is -2.43. The monoisotopic (exact) mass is 480 g/mol. The Morgan fingerprint density at radius 1 is 1.24 bits per heavy atom. The van der Waals surface area contributed by atoms with Crippen LogP contribution in [0.2, 0.25) is 5.02 Å². The van der Waals surface area contributed by atoms with Crippen molar-refractivity contribution in [3.63, 3.8) is 0 Å². The molecule has 0 aliphatic heterocycles. The summed E-state index contributed by atoms with van der Waals surface area (Å²) in [7, 11) is 1.39. The molecule has 3 rings (SSSR count). The normalized spacial score (nSPS) is 16.7. The number of carbonyl (C=O) groups is 1. The fraction of sp³-hybridized carbons (Fsp3) is 0.545. The molecule has 3 N–H and O–H groups in total. The Kier molecular flexibility index (Phi) is 8.79. The van der Waals surface area contributed by atoms with Crippen LogP contribution in [0.5, 0.6) is 0 Å². The Morgan fingerprint density at radius 3 is 2.61 bits per heavy atom. The number of nitrogens with one attached hydrogen (secondary N) is 1. The van der Waals surface area contributed by atoms with Crippen LogP contribution in [0.1, 0.15) is 48.9 Å². The predicted molar refractivity (Wildman–Crippen MR) is 122 cm³/mol. The number of rotatable bonds is 8. The van der Waals surface area contributed by atoms with Crippen molar-refractivity contribution in [2.75, 3.05) is 13.7 Å². The lowest BCUT2D eigenvalue weighted by atomic mass is 9.98. The molecule has 1 amide bonds. The van der Waals surface area contributed by atoms with Crippen molar-refractivity contribution < 1.29 is 19.7 Å². The highest BCUT2D eigenvalue weighted by atomic mass is 35.5. The highest BCUT2D eigenvalue weighted by Gasteiger charge is 2.24. The Bertz CT molecular complexity index is 1080. The standard InChI is InChI=1S/C22H29ClN4O6/c1-33-13-16(28)12-26-19(29)11-24-27(22(26)32)15-8-9-18(23)17(10-15)21(31)25-20(30)14-6-4-2-3-5-7-14/h8-11,14,16,20,28,30H,2-7,12-13H2,1H3,(H,25,31). The van der Waals surface area contributed by atoms with Gasteiger partial charge < -0.3 is 20.3 Å². The maximum absolute atomic E-state index is 12.9. The number of aromatic nitrogens is 3. The lowest BCUT2D eigenvalue weighted by molar-refractivity contribution is 0.0518. The van der Waals surface area contributed by atoms with Crippen LogP contribution in [0.4, 0.5) is 0 Å². The van der Waals surface area contributed by atoms with Crippen LogP contribution in [-0.2, 0) is 11.3 Å². The molecular formula is C22H29ClN4O6. The average molecular weight is 481 g/mol. The van der Waals surface area contributed by atoms with E-state index in [4.69, 9.17) is 16.3 Å². The molecule has 10 nitrogen and oxygen atoms in total. The van der Waals surface area contributed by atoms with Crippen LogP contribution in [0.3, 0.4) is 0 Å². The van der Waals surface area contributed by atoms with Crippen molar-refractivity contribution in [3.8, 4) is 5.69 Å². The van der Waals surface area contributed by atoms with E-state index >= 15 is 0 Å². The molecule has 1 heterocycles. The van der Waals surface area contributed by atoms with Crippen LogP contribution >= 0.6 is 11.6 Å². The molecule has 33 heavy (non-hydrogen) atoms. The van der Waals surface area contributed by atoms with E-state index in [1.165, 1.54) is 25.3 Å². The molecule has 0 radical (unpaired) electrons. The van der Waals surface area contributed by atoms with Gasteiger partial charge in [-0.1, -0.05) is 37.3 Å². The number of aliphatic hydroxyl groups excluding tert-OH is 2. The second-order valence-corrected chi connectivity index (χ2v) is 8.64. The highest BCUT2D eigenvalue weighted by Crippen LogP contribution is 2.25. The Morgan fingerprint density at radius 2 is 1.94 bits per heavy atom. The maximum atomic E-state index is 12.9. The minimum absolute atomic E-state index is 0.0234. The third-order valence-electron chi connectivity index (χ3n) is 5.78. The molecule has 180 valence electrons. The number of carbonyl (C=O) groups excluding carboxylic acids is 1. The molecule has 0 spiro atoms. The van der Waals surface area contributed by atoms with Gasteiger partial charge in [0.15, 0.2) is 0 Å². The van der Waals surface area contributed by atoms with E-state index in [1.807, 2.05) is 0 Å². The number of hydrogen-bond donors (Lipinski definition) is 3. The molecular weight excluding hydrogens is 452 g/mol. The molecule has 1 aromatic heterocycles. The van der Waals surface area contributed by atoms with E-state index in [0.29, 0.717) is 0 Å². The smallest absolute Gasteiger partial charge is 0.352 e. The van der Waals surface area contributed by atoms with Crippen LogP contribution < -0.4 is 16.6 Å². The number of methoxy groups -OCH3 is 1. The number of amides is 1. The summed E-state index contributed by atoms with van der Waals surface area (Å²) in [4.78, 5) is 37.8. The molecule has 2 aromatic rings. The van der Waals surface area contributed by atoms with Gasteiger partial charge in [-0.2, -0.15) is 9.78 Å². The van der Waals surface area contributed by atoms with Gasteiger partial charge >= 0.3 is 5.69 Å². The van der Waals surface area contributed by atoms with Crippen molar-refractivity contribution in [2.45, 2.75) is 57.4 Å². The minimum atomic E-state index is -1.06. The van der Waals surface area contributed by atoms with Crippen molar-refractivity contribution in [1.82, 2.24) is 19.7 Å². The van der Waals surface area contributed by atoms with Crippen molar-refractivity contribution in [3.05, 3.63) is 55.8 Å². The van der Waals surface area contributed by atoms with Gasteiger partial charge in [-0.05, 0) is 31.0 Å². The Balaban J connectivity index is 1.86. The van der Waals surface area contributed by atoms with Crippen molar-refractivity contribution in [2.24, 2.45) is 5.92 Å². The largest absolute Gasteiger partial charge is 0.389 e. The third-order valence-corrected chi connectivity index (χ3v) is 6.11. The summed E-state index contributed by atoms with van der Waals surface area (Å²) in [5.74, 6) is -0.597. The summed E-state index contributed by atoms with van der Waals surface area (Å²) in [5, 5.41) is 27.1. The van der Waals surface area contributed by atoms with Gasteiger partial charge in [-0.25, -0.2) is 4.79 Å². The van der Waals surface area contributed by atoms with E-state index in [0.717, 1.165) is 54.0 Å². The number of aliphatic hydroxyl groups is 2. The van der Waals surface area contributed by atoms with Crippen LogP contribution in [0, 0.1) is 5.92 Å². The summed E-state index contributed by atoms with van der Waals surface area (Å²) in [6.07, 6.45) is 4.83. The first kappa shape index (κ1) is 25.1. The topological polar surface area (TPSA) is 136 Å². The molecule has 2 unspecified atom stereocenters. The zero-order chi connectivity index (χ0) is 24.0. The number of nitrogens with zero attached hydrogens (tertiary/aromatic N) is 3. The first-order valence-corrected chi connectivity index (χ1v) is 11.3. The van der Waals surface area contributed by atoms with Gasteiger partial charge in [0.1, 0.15) is 12.4 Å². The average Bonchev–Trinajstić information content (AvgIpc) is 3.07. The summed E-state index contributed by atoms with van der Waals surface area (Å²) in [5.41, 5.74) is -1.20. The second kappa shape index (κ2) is 11.6. The minimum Gasteiger partial charge on any atom is -0.389 e. The van der Waals surface area contributed by atoms with E-state index in [1.54, 1.807) is 0 Å². The van der Waals surface area contributed by atoms with Crippen LogP contribution in [0.25, 0.3) is 5.69 Å². The molecule has 0 saturated heterocycles. The van der Waals surface area contributed by atoms with Gasteiger partial charge in [0.25, 0.3) is 11.5 Å². The molecule has 2 atom stereocenters. The summed E-state index contributed by atoms with van der Waals surface area (Å²) < 4.78 is 6.61. The molecule has 1 aliphatic carbocycles. The van der Waals surface area contributed by atoms with E-state index in [9.17, 15) is 24.6 Å². The number of hydrogen-bond acceptors (Lipinski definition) is 7. The van der Waals surface area contributed by atoms with Crippen molar-refractivity contribution >= 4 is 17.5 Å². The first-order valence-electron chi connectivity index (χ1n) is 11.0. The number of halogens is 1. The zero-order valence-corrected chi connectivity index (χ0v) is 19.2. The van der Waals surface area contributed by atoms with E-state index in [2.05, 4.69) is 10.4 Å². The molecule has 1 saturated carbocycles. The van der Waals surface area contributed by atoms with E-state index in [-0.39, 0.29) is 35.3 Å². The predicted octanol–water partition coefficient (Wildman–Crippen LogP) is 1.07. The molecule has 1 aliphatic rings. The number of benzene rings is 1. The van der Waals surface area contributed by atoms with Gasteiger partial charge in [0.2, 0.25) is 0 Å². The lowest BCUT2D eigenvalue weighted by Gasteiger charge is -2.22. The highest BCUT2D eigenvalue weighted by molar-refractivity contribution is 6.33. The summed E-state index contributed by atoms with van der Waals surface area (Å²) >= 11 is 6.22. The molecule has 1 aromatic carbocycles.